The maximum absolute atomic E-state index is 12.4. The summed E-state index contributed by atoms with van der Waals surface area (Å²) < 4.78 is 11.5. The van der Waals surface area contributed by atoms with E-state index in [1.165, 1.54) is 15.9 Å². The van der Waals surface area contributed by atoms with Crippen molar-refractivity contribution in [1.29, 1.82) is 0 Å². The van der Waals surface area contributed by atoms with Gasteiger partial charge in [-0.1, -0.05) is 19.6 Å². The third kappa shape index (κ3) is 6.85. The number of fused-ring (bicyclic) bond motifs is 1. The van der Waals surface area contributed by atoms with Crippen LogP contribution < -0.4 is 14.8 Å². The van der Waals surface area contributed by atoms with Gasteiger partial charge < -0.3 is 24.6 Å². The topological polar surface area (TPSA) is 96.9 Å². The smallest absolute Gasteiger partial charge is 0.246 e. The average Bonchev–Trinajstić information content (AvgIpc) is 2.93. The van der Waals surface area contributed by atoms with Gasteiger partial charge in [0.1, 0.15) is 18.0 Å². The van der Waals surface area contributed by atoms with E-state index in [2.05, 4.69) is 29.9 Å². The molecule has 0 bridgehead atoms. The molecule has 1 N–H and O–H groups in total. The lowest BCUT2D eigenvalue weighted by Crippen LogP contribution is -2.45. The largest absolute Gasteiger partial charge is 0.496 e. The number of aromatic nitrogens is 2. The van der Waals surface area contributed by atoms with Crippen LogP contribution in [0.4, 0.5) is 5.95 Å². The number of anilines is 1. The lowest BCUT2D eigenvalue weighted by molar-refractivity contribution is -0.136. The van der Waals surface area contributed by atoms with Crippen molar-refractivity contribution in [2.24, 2.45) is 0 Å². The van der Waals surface area contributed by atoms with Crippen LogP contribution in [0.25, 0.3) is 22.0 Å². The summed E-state index contributed by atoms with van der Waals surface area (Å²) in [5.41, 5.74) is 4.96. The van der Waals surface area contributed by atoms with Crippen LogP contribution in [0.3, 0.4) is 0 Å². The van der Waals surface area contributed by atoms with E-state index in [1.807, 2.05) is 39.0 Å². The van der Waals surface area contributed by atoms with E-state index < -0.39 is 0 Å². The third-order valence-electron chi connectivity index (χ3n) is 6.72. The number of carbonyl (C=O) groups is 2. The normalized spacial score (nSPS) is 11.6. The predicted octanol–water partition coefficient (Wildman–Crippen LogP) is 4.61. The predicted molar refractivity (Wildman–Crippen MR) is 155 cm³/mol. The SMILES string of the molecule is C=CC(=O)N(CC(=O)N(C)C)CC(CC)Nc1ncc2cc(-c3c(C)c(OC)cc(OCC)c3C)ccc2n1. The van der Waals surface area contributed by atoms with Crippen LogP contribution in [0.5, 0.6) is 11.5 Å². The van der Waals surface area contributed by atoms with Crippen molar-refractivity contribution < 1.29 is 19.1 Å². The highest BCUT2D eigenvalue weighted by Gasteiger charge is 2.21. The molecule has 1 atom stereocenters. The summed E-state index contributed by atoms with van der Waals surface area (Å²) in [4.78, 5) is 36.9. The van der Waals surface area contributed by atoms with E-state index in [-0.39, 0.29) is 24.4 Å². The van der Waals surface area contributed by atoms with Crippen molar-refractivity contribution in [3.05, 3.63) is 54.2 Å². The number of rotatable bonds is 12. The summed E-state index contributed by atoms with van der Waals surface area (Å²) in [6.45, 7) is 12.5. The maximum atomic E-state index is 12.4. The van der Waals surface area contributed by atoms with Gasteiger partial charge in [0.05, 0.1) is 19.2 Å². The molecule has 1 unspecified atom stereocenters. The van der Waals surface area contributed by atoms with Gasteiger partial charge in [0, 0.05) is 44.3 Å². The zero-order chi connectivity index (χ0) is 28.7. The summed E-state index contributed by atoms with van der Waals surface area (Å²) in [6, 6.07) is 7.86. The lowest BCUT2D eigenvalue weighted by Gasteiger charge is -2.27. The Kier molecular flexibility index (Phi) is 9.87. The average molecular weight is 534 g/mol. The molecule has 3 rings (SSSR count). The number of nitrogens with zero attached hydrogens (tertiary/aromatic N) is 4. The van der Waals surface area contributed by atoms with Gasteiger partial charge in [-0.05, 0) is 67.7 Å². The zero-order valence-corrected chi connectivity index (χ0v) is 24.0. The summed E-state index contributed by atoms with van der Waals surface area (Å²) in [7, 11) is 4.99. The Bertz CT molecular complexity index is 1350. The fourth-order valence-electron chi connectivity index (χ4n) is 4.46. The first-order valence-corrected chi connectivity index (χ1v) is 13.1. The quantitative estimate of drug-likeness (QED) is 0.340. The number of likely N-dealkylation sites (N-methyl/N-ethyl adjacent to an activating group) is 1. The number of ether oxygens (including phenoxy) is 2. The van der Waals surface area contributed by atoms with Gasteiger partial charge in [-0.2, -0.15) is 0 Å². The van der Waals surface area contributed by atoms with Crippen LogP contribution in [-0.2, 0) is 9.59 Å². The fourth-order valence-corrected chi connectivity index (χ4v) is 4.46. The third-order valence-corrected chi connectivity index (χ3v) is 6.72. The molecular formula is C30H39N5O4. The molecule has 1 aromatic heterocycles. The van der Waals surface area contributed by atoms with Crippen LogP contribution in [0.15, 0.2) is 43.1 Å². The number of nitrogens with one attached hydrogen (secondary N) is 1. The second kappa shape index (κ2) is 13.1. The minimum Gasteiger partial charge on any atom is -0.496 e. The van der Waals surface area contributed by atoms with Gasteiger partial charge in [-0.25, -0.2) is 9.97 Å². The van der Waals surface area contributed by atoms with E-state index in [0.29, 0.717) is 25.5 Å². The van der Waals surface area contributed by atoms with Crippen LogP contribution in [0, 0.1) is 13.8 Å². The summed E-state index contributed by atoms with van der Waals surface area (Å²) in [5.74, 6) is 1.57. The van der Waals surface area contributed by atoms with Crippen molar-refractivity contribution in [3.63, 3.8) is 0 Å². The highest BCUT2D eigenvalue weighted by atomic mass is 16.5. The summed E-state index contributed by atoms with van der Waals surface area (Å²) >= 11 is 0. The van der Waals surface area contributed by atoms with Crippen LogP contribution in [-0.4, -0.2) is 78.5 Å². The monoisotopic (exact) mass is 533 g/mol. The van der Waals surface area contributed by atoms with E-state index in [0.717, 1.165) is 44.7 Å². The van der Waals surface area contributed by atoms with E-state index in [1.54, 1.807) is 27.4 Å². The molecule has 2 amide bonds. The van der Waals surface area contributed by atoms with Gasteiger partial charge >= 0.3 is 0 Å². The molecule has 0 aliphatic rings. The first kappa shape index (κ1) is 29.4. The number of hydrogen-bond acceptors (Lipinski definition) is 7. The lowest BCUT2D eigenvalue weighted by atomic mass is 9.93. The van der Waals surface area contributed by atoms with E-state index in [4.69, 9.17) is 14.5 Å². The Hall–Kier alpha value is -4.14. The molecule has 0 aliphatic carbocycles. The molecule has 0 fully saturated rings. The Morgan fingerprint density at radius 3 is 2.46 bits per heavy atom. The van der Waals surface area contributed by atoms with Crippen molar-refractivity contribution >= 4 is 28.7 Å². The number of methoxy groups -OCH3 is 1. The van der Waals surface area contributed by atoms with E-state index >= 15 is 0 Å². The Morgan fingerprint density at radius 2 is 1.85 bits per heavy atom. The Labute approximate surface area is 230 Å². The first-order chi connectivity index (χ1) is 18.6. The standard InChI is InChI=1S/C30H39N5O4/c1-9-23(17-35(27(36)10-2)18-28(37)34(6)7)32-30-31-16-22-14-21(12-13-24(22)33-30)29-19(4)25(38-8)15-26(20(29)5)39-11-3/h10,12-16,23H,2,9,11,17-18H2,1,3-8H3,(H,31,32,33). The van der Waals surface area contributed by atoms with Crippen molar-refractivity contribution in [3.8, 4) is 22.6 Å². The van der Waals surface area contributed by atoms with Crippen LogP contribution in [0.2, 0.25) is 0 Å². The number of hydrogen-bond donors (Lipinski definition) is 1. The molecule has 9 nitrogen and oxygen atoms in total. The Morgan fingerprint density at radius 1 is 1.13 bits per heavy atom. The minimum atomic E-state index is -0.298. The number of benzene rings is 2. The van der Waals surface area contributed by atoms with Crippen LogP contribution in [0.1, 0.15) is 31.4 Å². The van der Waals surface area contributed by atoms with Gasteiger partial charge in [0.2, 0.25) is 17.8 Å². The molecular weight excluding hydrogens is 494 g/mol. The number of carbonyl (C=O) groups excluding carboxylic acids is 2. The fraction of sp³-hybridized carbons (Fsp3) is 0.400. The van der Waals surface area contributed by atoms with Crippen LogP contribution >= 0.6 is 0 Å². The molecule has 39 heavy (non-hydrogen) atoms. The van der Waals surface area contributed by atoms with Gasteiger partial charge in [0.15, 0.2) is 0 Å². The Balaban J connectivity index is 1.88. The molecule has 0 aliphatic heterocycles. The minimum absolute atomic E-state index is 0.0223. The molecule has 1 heterocycles. The van der Waals surface area contributed by atoms with Crippen molar-refractivity contribution in [2.45, 2.75) is 40.2 Å². The second-order valence-electron chi connectivity index (χ2n) is 9.56. The van der Waals surface area contributed by atoms with Gasteiger partial charge in [0.25, 0.3) is 0 Å². The first-order valence-electron chi connectivity index (χ1n) is 13.1. The second-order valence-corrected chi connectivity index (χ2v) is 9.56. The molecule has 3 aromatic rings. The molecule has 0 spiro atoms. The van der Waals surface area contributed by atoms with Gasteiger partial charge in [-0.15, -0.1) is 0 Å². The number of amides is 2. The van der Waals surface area contributed by atoms with Crippen molar-refractivity contribution in [2.75, 3.05) is 46.2 Å². The van der Waals surface area contributed by atoms with E-state index in [9.17, 15) is 9.59 Å². The molecule has 0 saturated heterocycles. The molecule has 208 valence electrons. The summed E-state index contributed by atoms with van der Waals surface area (Å²) in [5, 5.41) is 4.22. The molecule has 9 heteroatoms. The molecule has 0 saturated carbocycles. The molecule has 2 aromatic carbocycles. The highest BCUT2D eigenvalue weighted by Crippen LogP contribution is 2.39. The summed E-state index contributed by atoms with van der Waals surface area (Å²) in [6.07, 6.45) is 3.72. The van der Waals surface area contributed by atoms with Crippen molar-refractivity contribution in [1.82, 2.24) is 19.8 Å². The maximum Gasteiger partial charge on any atom is 0.246 e. The highest BCUT2D eigenvalue weighted by molar-refractivity contribution is 5.91. The molecule has 0 radical (unpaired) electrons. The van der Waals surface area contributed by atoms with Gasteiger partial charge in [-0.3, -0.25) is 9.59 Å². The zero-order valence-electron chi connectivity index (χ0n) is 24.0.